The van der Waals surface area contributed by atoms with E-state index in [1.165, 1.54) is 6.92 Å². The highest BCUT2D eigenvalue weighted by Crippen LogP contribution is 2.08. The lowest BCUT2D eigenvalue weighted by Gasteiger charge is -2.04. The van der Waals surface area contributed by atoms with Crippen LogP contribution >= 0.6 is 0 Å². The van der Waals surface area contributed by atoms with Gasteiger partial charge in [-0.15, -0.1) is 0 Å². The zero-order valence-corrected chi connectivity index (χ0v) is 10.2. The molecule has 0 aliphatic heterocycles. The summed E-state index contributed by atoms with van der Waals surface area (Å²) in [6.45, 7) is 1.85. The van der Waals surface area contributed by atoms with Crippen LogP contribution in [0.4, 0.5) is 0 Å². The molecule has 0 fully saturated rings. The summed E-state index contributed by atoms with van der Waals surface area (Å²) in [5.41, 5.74) is 1.81. The van der Waals surface area contributed by atoms with Crippen LogP contribution in [0.15, 0.2) is 24.5 Å². The first-order valence-corrected chi connectivity index (χ1v) is 5.51. The third-order valence-electron chi connectivity index (χ3n) is 2.64. The summed E-state index contributed by atoms with van der Waals surface area (Å²) in [6.07, 6.45) is 3.27. The second-order valence-electron chi connectivity index (χ2n) is 4.05. The van der Waals surface area contributed by atoms with Gasteiger partial charge in [-0.25, -0.2) is 0 Å². The van der Waals surface area contributed by atoms with Crippen molar-refractivity contribution in [2.24, 2.45) is 7.05 Å². The van der Waals surface area contributed by atoms with Crippen molar-refractivity contribution in [2.45, 2.75) is 13.5 Å². The average molecular weight is 246 g/mol. The summed E-state index contributed by atoms with van der Waals surface area (Å²) in [6, 6.07) is 3.37. The highest BCUT2D eigenvalue weighted by molar-refractivity contribution is 5.99. The maximum absolute atomic E-state index is 11.9. The van der Waals surface area contributed by atoms with Gasteiger partial charge in [-0.05, 0) is 19.1 Å². The lowest BCUT2D eigenvalue weighted by atomic mass is 10.2. The van der Waals surface area contributed by atoms with Gasteiger partial charge in [0.2, 0.25) is 0 Å². The maximum atomic E-state index is 11.9. The summed E-state index contributed by atoms with van der Waals surface area (Å²) in [4.78, 5) is 23.1. The van der Waals surface area contributed by atoms with Crippen LogP contribution in [-0.4, -0.2) is 26.5 Å². The van der Waals surface area contributed by atoms with Crippen molar-refractivity contribution >= 4 is 11.7 Å². The van der Waals surface area contributed by atoms with Crippen LogP contribution in [0.1, 0.15) is 33.5 Å². The molecule has 6 heteroatoms. The number of H-pyrrole nitrogens is 1. The molecule has 0 aromatic carbocycles. The molecule has 2 N–H and O–H groups in total. The van der Waals surface area contributed by atoms with Gasteiger partial charge in [0.1, 0.15) is 5.69 Å². The molecule has 0 aliphatic rings. The quantitative estimate of drug-likeness (QED) is 0.786. The number of nitrogens with one attached hydrogen (secondary N) is 2. The van der Waals surface area contributed by atoms with E-state index in [1.54, 1.807) is 36.1 Å². The summed E-state index contributed by atoms with van der Waals surface area (Å²) in [7, 11) is 1.73. The molecule has 0 saturated carbocycles. The zero-order valence-electron chi connectivity index (χ0n) is 10.2. The SMILES string of the molecule is CC(=O)c1cc(C(=O)NCc2ccn[nH]2)n(C)c1. The highest BCUT2D eigenvalue weighted by atomic mass is 16.2. The van der Waals surface area contributed by atoms with Crippen LogP contribution in [-0.2, 0) is 13.6 Å². The van der Waals surface area contributed by atoms with Gasteiger partial charge in [0.25, 0.3) is 5.91 Å². The molecule has 0 aliphatic carbocycles. The standard InChI is InChI=1S/C12H14N4O2/c1-8(17)9-5-11(16(2)7-9)12(18)13-6-10-3-4-14-15-10/h3-5,7H,6H2,1-2H3,(H,13,18)(H,14,15). The fourth-order valence-corrected chi connectivity index (χ4v) is 1.63. The first-order chi connectivity index (χ1) is 8.58. The summed E-state index contributed by atoms with van der Waals surface area (Å²) in [5, 5.41) is 9.30. The molecular weight excluding hydrogens is 232 g/mol. The number of Topliss-reactive ketones (excluding diaryl/α,β-unsaturated/α-hetero) is 1. The molecule has 94 valence electrons. The fraction of sp³-hybridized carbons (Fsp3) is 0.250. The number of carbonyl (C=O) groups is 2. The lowest BCUT2D eigenvalue weighted by Crippen LogP contribution is -2.24. The largest absolute Gasteiger partial charge is 0.346 e. The van der Waals surface area contributed by atoms with Gasteiger partial charge in [0, 0.05) is 25.0 Å². The van der Waals surface area contributed by atoms with Crippen LogP contribution in [0.2, 0.25) is 0 Å². The van der Waals surface area contributed by atoms with Crippen molar-refractivity contribution in [3.05, 3.63) is 41.5 Å². The maximum Gasteiger partial charge on any atom is 0.268 e. The van der Waals surface area contributed by atoms with Crippen molar-refractivity contribution < 1.29 is 9.59 Å². The Labute approximate surface area is 104 Å². The van der Waals surface area contributed by atoms with Gasteiger partial charge in [0.05, 0.1) is 12.2 Å². The predicted molar refractivity (Wildman–Crippen MR) is 65.2 cm³/mol. The Hall–Kier alpha value is -2.37. The number of aromatic amines is 1. The van der Waals surface area contributed by atoms with Crippen molar-refractivity contribution in [1.29, 1.82) is 0 Å². The first-order valence-electron chi connectivity index (χ1n) is 5.51. The Morgan fingerprint density at radius 2 is 2.28 bits per heavy atom. The molecule has 0 atom stereocenters. The number of hydrogen-bond donors (Lipinski definition) is 2. The molecule has 0 bridgehead atoms. The number of aromatic nitrogens is 3. The molecular formula is C12H14N4O2. The van der Waals surface area contributed by atoms with E-state index in [2.05, 4.69) is 15.5 Å². The normalized spacial score (nSPS) is 10.3. The predicted octanol–water partition coefficient (Wildman–Crippen LogP) is 0.881. The number of aryl methyl sites for hydroxylation is 1. The average Bonchev–Trinajstić information content (AvgIpc) is 2.94. The molecule has 2 aromatic rings. The van der Waals surface area contributed by atoms with Crippen LogP contribution in [0.25, 0.3) is 0 Å². The molecule has 2 heterocycles. The first kappa shape index (κ1) is 12.1. The van der Waals surface area contributed by atoms with Gasteiger partial charge in [0.15, 0.2) is 5.78 Å². The second kappa shape index (κ2) is 4.87. The molecule has 6 nitrogen and oxygen atoms in total. The van der Waals surface area contributed by atoms with Crippen LogP contribution in [0, 0.1) is 0 Å². The van der Waals surface area contributed by atoms with Crippen LogP contribution < -0.4 is 5.32 Å². The molecule has 2 rings (SSSR count). The lowest BCUT2D eigenvalue weighted by molar-refractivity contribution is 0.0942. The molecule has 0 unspecified atom stereocenters. The number of carbonyl (C=O) groups excluding carboxylic acids is 2. The molecule has 0 saturated heterocycles. The Bertz CT molecular complexity index is 569. The van der Waals surface area contributed by atoms with E-state index in [1.807, 2.05) is 0 Å². The molecule has 18 heavy (non-hydrogen) atoms. The van der Waals surface area contributed by atoms with E-state index in [-0.39, 0.29) is 11.7 Å². The fourth-order valence-electron chi connectivity index (χ4n) is 1.63. The molecule has 0 radical (unpaired) electrons. The highest BCUT2D eigenvalue weighted by Gasteiger charge is 2.13. The van der Waals surface area contributed by atoms with E-state index in [9.17, 15) is 9.59 Å². The monoisotopic (exact) mass is 246 g/mol. The van der Waals surface area contributed by atoms with E-state index >= 15 is 0 Å². The minimum atomic E-state index is -0.223. The topological polar surface area (TPSA) is 79.8 Å². The van der Waals surface area contributed by atoms with E-state index in [0.717, 1.165) is 5.69 Å². The Morgan fingerprint density at radius 1 is 1.50 bits per heavy atom. The zero-order chi connectivity index (χ0) is 13.1. The molecule has 0 spiro atoms. The third-order valence-corrected chi connectivity index (χ3v) is 2.64. The third kappa shape index (κ3) is 2.48. The number of rotatable bonds is 4. The molecule has 2 aromatic heterocycles. The van der Waals surface area contributed by atoms with E-state index in [0.29, 0.717) is 17.8 Å². The minimum Gasteiger partial charge on any atom is -0.346 e. The summed E-state index contributed by atoms with van der Waals surface area (Å²) in [5.74, 6) is -0.280. The number of ketones is 1. The Kier molecular flexibility index (Phi) is 3.27. The Morgan fingerprint density at radius 3 is 2.83 bits per heavy atom. The van der Waals surface area contributed by atoms with Crippen LogP contribution in [0.3, 0.4) is 0 Å². The van der Waals surface area contributed by atoms with E-state index < -0.39 is 0 Å². The minimum absolute atomic E-state index is 0.0572. The van der Waals surface area contributed by atoms with Gasteiger partial charge >= 0.3 is 0 Å². The van der Waals surface area contributed by atoms with Gasteiger partial charge in [-0.3, -0.25) is 14.7 Å². The van der Waals surface area contributed by atoms with E-state index in [4.69, 9.17) is 0 Å². The smallest absolute Gasteiger partial charge is 0.268 e. The van der Waals surface area contributed by atoms with Crippen LogP contribution in [0.5, 0.6) is 0 Å². The molecule has 1 amide bonds. The van der Waals surface area contributed by atoms with Gasteiger partial charge in [-0.2, -0.15) is 5.10 Å². The Balaban J connectivity index is 2.06. The number of amides is 1. The second-order valence-corrected chi connectivity index (χ2v) is 4.05. The van der Waals surface area contributed by atoms with Crippen molar-refractivity contribution in [3.8, 4) is 0 Å². The number of hydrogen-bond acceptors (Lipinski definition) is 3. The van der Waals surface area contributed by atoms with Crippen molar-refractivity contribution in [3.63, 3.8) is 0 Å². The van der Waals surface area contributed by atoms with Gasteiger partial charge in [-0.1, -0.05) is 0 Å². The summed E-state index contributed by atoms with van der Waals surface area (Å²) >= 11 is 0. The summed E-state index contributed by atoms with van der Waals surface area (Å²) < 4.78 is 1.64. The number of nitrogens with zero attached hydrogens (tertiary/aromatic N) is 2. The van der Waals surface area contributed by atoms with Gasteiger partial charge < -0.3 is 9.88 Å². The van der Waals surface area contributed by atoms with Crippen molar-refractivity contribution in [2.75, 3.05) is 0 Å². The van der Waals surface area contributed by atoms with Crippen molar-refractivity contribution in [1.82, 2.24) is 20.1 Å².